The molecule has 1 saturated heterocycles. The van der Waals surface area contributed by atoms with Crippen LogP contribution in [0.1, 0.15) is 82.0 Å². The van der Waals surface area contributed by atoms with Gasteiger partial charge in [0.25, 0.3) is 0 Å². The summed E-state index contributed by atoms with van der Waals surface area (Å²) in [7, 11) is 0. The predicted molar refractivity (Wildman–Crippen MR) is 106 cm³/mol. The Labute approximate surface area is 166 Å². The van der Waals surface area contributed by atoms with Gasteiger partial charge >= 0.3 is 5.97 Å². The molecule has 0 N–H and O–H groups in total. The van der Waals surface area contributed by atoms with Crippen LogP contribution in [0.5, 0.6) is 0 Å². The molecule has 2 heterocycles. The van der Waals surface area contributed by atoms with Gasteiger partial charge in [-0.05, 0) is 26.2 Å². The molecule has 27 heavy (non-hydrogen) atoms. The maximum Gasteiger partial charge on any atom is 0.305 e. The summed E-state index contributed by atoms with van der Waals surface area (Å²) in [6.07, 6.45) is 8.63. The van der Waals surface area contributed by atoms with Gasteiger partial charge in [0.1, 0.15) is 16.8 Å². The maximum atomic E-state index is 12.2. The van der Waals surface area contributed by atoms with Gasteiger partial charge in [-0.1, -0.05) is 37.8 Å². The van der Waals surface area contributed by atoms with Crippen molar-refractivity contribution < 1.29 is 18.8 Å². The van der Waals surface area contributed by atoms with E-state index in [4.69, 9.17) is 9.26 Å². The van der Waals surface area contributed by atoms with Crippen LogP contribution >= 0.6 is 11.8 Å². The van der Waals surface area contributed by atoms with Gasteiger partial charge in [0.15, 0.2) is 0 Å². The van der Waals surface area contributed by atoms with Crippen molar-refractivity contribution in [3.8, 4) is 0 Å². The minimum absolute atomic E-state index is 0.0271. The van der Waals surface area contributed by atoms with Crippen LogP contribution in [0, 0.1) is 0 Å². The smallest absolute Gasteiger partial charge is 0.305 e. The van der Waals surface area contributed by atoms with Crippen LogP contribution in [0.25, 0.3) is 0 Å². The third-order valence-corrected chi connectivity index (χ3v) is 5.89. The number of carbonyl (C=O) groups excluding carboxylic acids is 2. The molecule has 6 nitrogen and oxygen atoms in total. The lowest BCUT2D eigenvalue weighted by atomic mass is 10.1. The number of unbranched alkanes of at least 4 members (excludes halogenated alkanes) is 5. The first-order valence-corrected chi connectivity index (χ1v) is 11.2. The Balaban J connectivity index is 1.73. The van der Waals surface area contributed by atoms with E-state index in [1.54, 1.807) is 11.8 Å². The second-order valence-corrected chi connectivity index (χ2v) is 7.96. The average molecular weight is 397 g/mol. The largest absolute Gasteiger partial charge is 0.466 e. The average Bonchev–Trinajstić information content (AvgIpc) is 3.25. The Morgan fingerprint density at radius 1 is 1.26 bits per heavy atom. The molecule has 1 aromatic heterocycles. The number of hydrogen-bond donors (Lipinski definition) is 0. The highest BCUT2D eigenvalue weighted by Crippen LogP contribution is 2.38. The zero-order valence-electron chi connectivity index (χ0n) is 16.6. The van der Waals surface area contributed by atoms with Crippen molar-refractivity contribution in [3.05, 3.63) is 17.5 Å². The summed E-state index contributed by atoms with van der Waals surface area (Å²) in [4.78, 5) is 25.5. The normalized spacial score (nSPS) is 16.9. The second kappa shape index (κ2) is 12.1. The molecular formula is C20H32N2O4S. The first-order valence-electron chi connectivity index (χ1n) is 10.2. The van der Waals surface area contributed by atoms with Gasteiger partial charge in [-0.3, -0.25) is 9.59 Å². The number of esters is 1. The van der Waals surface area contributed by atoms with Crippen molar-refractivity contribution in [1.29, 1.82) is 0 Å². The molecule has 1 amide bonds. The van der Waals surface area contributed by atoms with Crippen LogP contribution in [0.2, 0.25) is 0 Å². The third kappa shape index (κ3) is 7.20. The fourth-order valence-electron chi connectivity index (χ4n) is 3.19. The molecule has 1 fully saturated rings. The van der Waals surface area contributed by atoms with E-state index in [9.17, 15) is 9.59 Å². The molecule has 1 aliphatic rings. The van der Waals surface area contributed by atoms with Gasteiger partial charge in [0, 0.05) is 25.5 Å². The van der Waals surface area contributed by atoms with Crippen molar-refractivity contribution in [1.82, 2.24) is 10.1 Å². The molecule has 1 aliphatic heterocycles. The lowest BCUT2D eigenvalue weighted by molar-refractivity contribution is -0.143. The Bertz CT molecular complexity index is 590. The first-order chi connectivity index (χ1) is 13.2. The highest BCUT2D eigenvalue weighted by atomic mass is 32.2. The predicted octanol–water partition coefficient (Wildman–Crippen LogP) is 4.49. The van der Waals surface area contributed by atoms with E-state index >= 15 is 0 Å². The Hall–Kier alpha value is -1.50. The van der Waals surface area contributed by atoms with Crippen molar-refractivity contribution in [2.45, 2.75) is 77.0 Å². The number of nitrogens with zero attached hydrogens (tertiary/aromatic N) is 2. The van der Waals surface area contributed by atoms with E-state index in [1.165, 1.54) is 12.8 Å². The number of rotatable bonds is 13. The molecule has 1 aromatic rings. The molecule has 0 aliphatic carbocycles. The van der Waals surface area contributed by atoms with E-state index in [2.05, 4.69) is 12.1 Å². The minimum atomic E-state index is -0.121. The summed E-state index contributed by atoms with van der Waals surface area (Å²) in [6, 6.07) is 2.01. The molecule has 1 atom stereocenters. The molecule has 0 radical (unpaired) electrons. The van der Waals surface area contributed by atoms with E-state index < -0.39 is 0 Å². The number of thioether (sulfide) groups is 1. The van der Waals surface area contributed by atoms with E-state index in [0.29, 0.717) is 18.8 Å². The van der Waals surface area contributed by atoms with Crippen LogP contribution < -0.4 is 0 Å². The molecular weight excluding hydrogens is 364 g/mol. The number of ether oxygens (including phenoxy) is 1. The van der Waals surface area contributed by atoms with Crippen LogP contribution in [-0.4, -0.2) is 40.8 Å². The number of aryl methyl sites for hydroxylation is 1. The number of amides is 1. The number of hydrogen-bond acceptors (Lipinski definition) is 6. The summed E-state index contributed by atoms with van der Waals surface area (Å²) >= 11 is 1.62. The molecule has 0 spiro atoms. The maximum absolute atomic E-state index is 12.2. The highest BCUT2D eigenvalue weighted by Gasteiger charge is 2.34. The monoisotopic (exact) mass is 396 g/mol. The topological polar surface area (TPSA) is 72.6 Å². The zero-order valence-corrected chi connectivity index (χ0v) is 17.4. The van der Waals surface area contributed by atoms with Gasteiger partial charge < -0.3 is 14.2 Å². The minimum Gasteiger partial charge on any atom is -0.466 e. The third-order valence-electron chi connectivity index (χ3n) is 4.66. The van der Waals surface area contributed by atoms with E-state index in [0.717, 1.165) is 56.5 Å². The Morgan fingerprint density at radius 3 is 2.85 bits per heavy atom. The van der Waals surface area contributed by atoms with Crippen LogP contribution in [0.3, 0.4) is 0 Å². The van der Waals surface area contributed by atoms with Crippen LogP contribution in [0.4, 0.5) is 0 Å². The van der Waals surface area contributed by atoms with E-state index in [-0.39, 0.29) is 17.3 Å². The summed E-state index contributed by atoms with van der Waals surface area (Å²) < 4.78 is 10.4. The van der Waals surface area contributed by atoms with Crippen molar-refractivity contribution in [3.63, 3.8) is 0 Å². The second-order valence-electron chi connectivity index (χ2n) is 6.89. The lowest BCUT2D eigenvalue weighted by Gasteiger charge is -2.22. The highest BCUT2D eigenvalue weighted by molar-refractivity contribution is 8.00. The Morgan fingerprint density at radius 2 is 2.07 bits per heavy atom. The molecule has 2 rings (SSSR count). The van der Waals surface area contributed by atoms with Gasteiger partial charge in [0.05, 0.1) is 12.4 Å². The van der Waals surface area contributed by atoms with Crippen LogP contribution in [0.15, 0.2) is 10.6 Å². The van der Waals surface area contributed by atoms with Gasteiger partial charge in [-0.2, -0.15) is 0 Å². The summed E-state index contributed by atoms with van der Waals surface area (Å²) in [5.74, 6) is 1.47. The van der Waals surface area contributed by atoms with Crippen LogP contribution in [-0.2, 0) is 20.7 Å². The van der Waals surface area contributed by atoms with Crippen molar-refractivity contribution >= 4 is 23.6 Å². The zero-order chi connectivity index (χ0) is 19.5. The number of aromatic nitrogens is 1. The van der Waals surface area contributed by atoms with Gasteiger partial charge in [0.2, 0.25) is 5.91 Å². The molecule has 1 unspecified atom stereocenters. The molecule has 0 bridgehead atoms. The molecule has 152 valence electrons. The fraction of sp³-hybridized carbons (Fsp3) is 0.750. The Kier molecular flexibility index (Phi) is 9.73. The molecule has 0 aromatic carbocycles. The molecule has 7 heteroatoms. The van der Waals surface area contributed by atoms with Crippen molar-refractivity contribution in [2.24, 2.45) is 0 Å². The van der Waals surface area contributed by atoms with Crippen molar-refractivity contribution in [2.75, 3.05) is 18.9 Å². The lowest BCUT2D eigenvalue weighted by Crippen LogP contribution is -2.29. The quantitative estimate of drug-likeness (QED) is 0.361. The van der Waals surface area contributed by atoms with Gasteiger partial charge in [-0.15, -0.1) is 11.8 Å². The fourth-order valence-corrected chi connectivity index (χ4v) is 4.34. The first kappa shape index (κ1) is 21.8. The number of carbonyl (C=O) groups is 2. The summed E-state index contributed by atoms with van der Waals surface area (Å²) in [6.45, 7) is 5.18. The molecule has 0 saturated carbocycles. The van der Waals surface area contributed by atoms with Gasteiger partial charge in [-0.25, -0.2) is 0 Å². The SMILES string of the molecule is CCCCCc1cc(C2SCC(=O)N2CCCCCCC(=O)OCC)no1. The summed E-state index contributed by atoms with van der Waals surface area (Å²) in [5.41, 5.74) is 0.861. The van der Waals surface area contributed by atoms with E-state index in [1.807, 2.05) is 17.9 Å². The summed E-state index contributed by atoms with van der Waals surface area (Å²) in [5, 5.41) is 4.19. The standard InChI is InChI=1S/C20H32N2O4S/c1-3-5-8-11-16-14-17(21-26-16)20-22(18(23)15-27-20)13-10-7-6-9-12-19(24)25-4-2/h14,20H,3-13,15H2,1-2H3.